The Labute approximate surface area is 143 Å². The zero-order valence-electron chi connectivity index (χ0n) is 13.8. The topological polar surface area (TPSA) is 70.9 Å². The third kappa shape index (κ3) is 2.69. The third-order valence-electron chi connectivity index (χ3n) is 4.04. The van der Waals surface area contributed by atoms with Crippen molar-refractivity contribution in [3.8, 4) is 22.6 Å². The molecule has 2 N–H and O–H groups in total. The van der Waals surface area contributed by atoms with Crippen LogP contribution in [-0.2, 0) is 14.1 Å². The number of nitrogens with two attached hydrogens (primary N) is 1. The largest absolute Gasteiger partial charge is 0.454 e. The molecule has 2 aromatic carbocycles. The van der Waals surface area contributed by atoms with E-state index in [1.54, 1.807) is 27.8 Å². The van der Waals surface area contributed by atoms with E-state index in [4.69, 9.17) is 10.5 Å². The number of hydrogen-bond donors (Lipinski definition) is 1. The van der Waals surface area contributed by atoms with Crippen LogP contribution in [0.25, 0.3) is 22.0 Å². The van der Waals surface area contributed by atoms with Gasteiger partial charge in [-0.2, -0.15) is 10.2 Å². The number of aromatic nitrogens is 4. The summed E-state index contributed by atoms with van der Waals surface area (Å²) in [7, 11) is 3.71. The smallest absolute Gasteiger partial charge is 0.167 e. The number of aryl methyl sites for hydroxylation is 2. The van der Waals surface area contributed by atoms with Gasteiger partial charge in [0.25, 0.3) is 0 Å². The molecule has 2 heterocycles. The van der Waals surface area contributed by atoms with E-state index in [1.165, 1.54) is 12.1 Å². The standard InChI is InChI=1S/C18H16FN5O/c1-23-10-12(9-21-23)14-7-16-11(8-22-24(16)2)5-18(14)25-17-4-3-13(20)6-15(17)19/h3-10H,20H2,1-2H3. The number of fused-ring (bicyclic) bond motifs is 1. The molecule has 0 radical (unpaired) electrons. The third-order valence-corrected chi connectivity index (χ3v) is 4.04. The van der Waals surface area contributed by atoms with Crippen molar-refractivity contribution in [3.63, 3.8) is 0 Å². The summed E-state index contributed by atoms with van der Waals surface area (Å²) in [5, 5.41) is 9.37. The second-order valence-electron chi connectivity index (χ2n) is 5.87. The number of benzene rings is 2. The molecule has 0 bridgehead atoms. The minimum atomic E-state index is -0.511. The molecule has 0 saturated heterocycles. The van der Waals surface area contributed by atoms with Crippen LogP contribution in [0, 0.1) is 5.82 Å². The van der Waals surface area contributed by atoms with Crippen molar-refractivity contribution in [1.29, 1.82) is 0 Å². The van der Waals surface area contributed by atoms with Crippen molar-refractivity contribution >= 4 is 16.6 Å². The first-order valence-electron chi connectivity index (χ1n) is 7.69. The Morgan fingerprint density at radius 1 is 1.04 bits per heavy atom. The highest BCUT2D eigenvalue weighted by molar-refractivity contribution is 5.88. The van der Waals surface area contributed by atoms with Crippen molar-refractivity contribution in [1.82, 2.24) is 19.6 Å². The van der Waals surface area contributed by atoms with Crippen LogP contribution in [0.4, 0.5) is 10.1 Å². The summed E-state index contributed by atoms with van der Waals surface area (Å²) < 4.78 is 23.5. The summed E-state index contributed by atoms with van der Waals surface area (Å²) in [6, 6.07) is 8.17. The lowest BCUT2D eigenvalue weighted by Gasteiger charge is -2.12. The van der Waals surface area contributed by atoms with Crippen LogP contribution in [0.5, 0.6) is 11.5 Å². The van der Waals surface area contributed by atoms with Gasteiger partial charge < -0.3 is 10.5 Å². The predicted octanol–water partition coefficient (Wildman–Crippen LogP) is 3.49. The molecule has 0 fully saturated rings. The Hall–Kier alpha value is -3.35. The van der Waals surface area contributed by atoms with Gasteiger partial charge in [-0.25, -0.2) is 4.39 Å². The Kier molecular flexibility index (Phi) is 3.42. The van der Waals surface area contributed by atoms with E-state index < -0.39 is 5.82 Å². The van der Waals surface area contributed by atoms with Gasteiger partial charge in [0.2, 0.25) is 0 Å². The maximum atomic E-state index is 14.2. The highest BCUT2D eigenvalue weighted by atomic mass is 19.1. The first-order valence-corrected chi connectivity index (χ1v) is 7.69. The molecular weight excluding hydrogens is 321 g/mol. The first-order chi connectivity index (χ1) is 12.0. The van der Waals surface area contributed by atoms with Crippen LogP contribution in [0.1, 0.15) is 0 Å². The van der Waals surface area contributed by atoms with Gasteiger partial charge in [-0.05, 0) is 24.3 Å². The molecule has 0 saturated carbocycles. The Morgan fingerprint density at radius 2 is 1.88 bits per heavy atom. The monoisotopic (exact) mass is 337 g/mol. The average Bonchev–Trinajstić information content (AvgIpc) is 3.16. The predicted molar refractivity (Wildman–Crippen MR) is 93.8 cm³/mol. The number of ether oxygens (including phenoxy) is 1. The molecule has 25 heavy (non-hydrogen) atoms. The fraction of sp³-hybridized carbons (Fsp3) is 0.111. The lowest BCUT2D eigenvalue weighted by atomic mass is 10.1. The SMILES string of the molecule is Cn1cc(-c2cc3c(cnn3C)cc2Oc2ccc(N)cc2F)cn1. The molecule has 6 nitrogen and oxygen atoms in total. The van der Waals surface area contributed by atoms with E-state index >= 15 is 0 Å². The molecular formula is C18H16FN5O. The average molecular weight is 337 g/mol. The molecule has 126 valence electrons. The number of nitrogens with zero attached hydrogens (tertiary/aromatic N) is 4. The lowest BCUT2D eigenvalue weighted by molar-refractivity contribution is 0.444. The summed E-state index contributed by atoms with van der Waals surface area (Å²) in [5.41, 5.74) is 8.58. The minimum Gasteiger partial charge on any atom is -0.454 e. The molecule has 0 atom stereocenters. The molecule has 0 amide bonds. The van der Waals surface area contributed by atoms with Crippen molar-refractivity contribution in [3.05, 3.63) is 54.7 Å². The minimum absolute atomic E-state index is 0.114. The van der Waals surface area contributed by atoms with E-state index in [0.717, 1.165) is 22.0 Å². The van der Waals surface area contributed by atoms with Crippen LogP contribution in [0.15, 0.2) is 48.9 Å². The summed E-state index contributed by atoms with van der Waals surface area (Å²) >= 11 is 0. The van der Waals surface area contributed by atoms with Gasteiger partial charge in [0, 0.05) is 48.6 Å². The van der Waals surface area contributed by atoms with Gasteiger partial charge in [0.05, 0.1) is 17.9 Å². The summed E-state index contributed by atoms with van der Waals surface area (Å²) in [4.78, 5) is 0. The lowest BCUT2D eigenvalue weighted by Crippen LogP contribution is -1.94. The van der Waals surface area contributed by atoms with Crippen LogP contribution in [0.2, 0.25) is 0 Å². The highest BCUT2D eigenvalue weighted by Gasteiger charge is 2.15. The van der Waals surface area contributed by atoms with Crippen molar-refractivity contribution in [2.24, 2.45) is 14.1 Å². The van der Waals surface area contributed by atoms with Crippen LogP contribution in [-0.4, -0.2) is 19.6 Å². The van der Waals surface area contributed by atoms with Gasteiger partial charge in [-0.15, -0.1) is 0 Å². The Morgan fingerprint density at radius 3 is 2.60 bits per heavy atom. The van der Waals surface area contributed by atoms with Gasteiger partial charge in [0.1, 0.15) is 5.75 Å². The van der Waals surface area contributed by atoms with E-state index in [-0.39, 0.29) is 5.75 Å². The number of hydrogen-bond acceptors (Lipinski definition) is 4. The summed E-state index contributed by atoms with van der Waals surface area (Å²) in [6.07, 6.45) is 5.36. The maximum Gasteiger partial charge on any atom is 0.167 e. The fourth-order valence-corrected chi connectivity index (χ4v) is 2.77. The fourth-order valence-electron chi connectivity index (χ4n) is 2.77. The van der Waals surface area contributed by atoms with E-state index in [1.807, 2.05) is 32.4 Å². The molecule has 0 unspecified atom stereocenters. The zero-order valence-corrected chi connectivity index (χ0v) is 13.8. The highest BCUT2D eigenvalue weighted by Crippen LogP contribution is 2.37. The van der Waals surface area contributed by atoms with Gasteiger partial charge in [0.15, 0.2) is 11.6 Å². The number of anilines is 1. The van der Waals surface area contributed by atoms with Crippen LogP contribution >= 0.6 is 0 Å². The normalized spacial score (nSPS) is 11.2. The molecule has 4 aromatic rings. The maximum absolute atomic E-state index is 14.2. The van der Waals surface area contributed by atoms with E-state index in [0.29, 0.717) is 11.4 Å². The molecule has 2 aromatic heterocycles. The second-order valence-corrected chi connectivity index (χ2v) is 5.87. The van der Waals surface area contributed by atoms with Crippen molar-refractivity contribution in [2.75, 3.05) is 5.73 Å². The molecule has 0 aliphatic heterocycles. The number of rotatable bonds is 3. The number of nitrogen functional groups attached to an aromatic ring is 1. The molecule has 7 heteroatoms. The summed E-state index contributed by atoms with van der Waals surface area (Å²) in [6.45, 7) is 0. The molecule has 4 rings (SSSR count). The number of halogens is 1. The first kappa shape index (κ1) is 15.2. The van der Waals surface area contributed by atoms with Gasteiger partial charge in [-0.3, -0.25) is 9.36 Å². The van der Waals surface area contributed by atoms with Crippen molar-refractivity contribution < 1.29 is 9.13 Å². The zero-order chi connectivity index (χ0) is 17.6. The second kappa shape index (κ2) is 5.62. The quantitative estimate of drug-likeness (QED) is 0.581. The molecule has 0 spiro atoms. The van der Waals surface area contributed by atoms with E-state index in [2.05, 4.69) is 10.2 Å². The van der Waals surface area contributed by atoms with Gasteiger partial charge >= 0.3 is 0 Å². The van der Waals surface area contributed by atoms with Crippen LogP contribution in [0.3, 0.4) is 0 Å². The van der Waals surface area contributed by atoms with Crippen LogP contribution < -0.4 is 10.5 Å². The molecule has 0 aliphatic rings. The van der Waals surface area contributed by atoms with Gasteiger partial charge in [-0.1, -0.05) is 0 Å². The Balaban J connectivity index is 1.88. The summed E-state index contributed by atoms with van der Waals surface area (Å²) in [5.74, 6) is 0.128. The Bertz CT molecular complexity index is 1080. The van der Waals surface area contributed by atoms with Crippen molar-refractivity contribution in [2.45, 2.75) is 0 Å². The molecule has 0 aliphatic carbocycles. The van der Waals surface area contributed by atoms with E-state index in [9.17, 15) is 4.39 Å².